The van der Waals surface area contributed by atoms with Crippen LogP contribution >= 0.6 is 34.7 Å². The van der Waals surface area contributed by atoms with Gasteiger partial charge in [0.05, 0.1) is 17.1 Å². The van der Waals surface area contributed by atoms with Crippen LogP contribution < -0.4 is 16.0 Å². The number of benzene rings is 4. The van der Waals surface area contributed by atoms with Crippen molar-refractivity contribution in [2.24, 2.45) is 0 Å². The highest BCUT2D eigenvalue weighted by molar-refractivity contribution is 8.00. The van der Waals surface area contributed by atoms with Crippen molar-refractivity contribution >= 4 is 75.3 Å². The fraction of sp³-hybridized carbons (Fsp3) is 0.186. The van der Waals surface area contributed by atoms with E-state index in [4.69, 9.17) is 16.3 Å². The molecule has 10 nitrogen and oxygen atoms in total. The van der Waals surface area contributed by atoms with Crippen molar-refractivity contribution in [3.05, 3.63) is 152 Å². The quantitative estimate of drug-likeness (QED) is 0.0942. The summed E-state index contributed by atoms with van der Waals surface area (Å²) < 4.78 is 20.4. The Bertz CT molecular complexity index is 2370. The topological polar surface area (TPSA) is 141 Å². The predicted octanol–water partition coefficient (Wildman–Crippen LogP) is 9.59. The third-order valence-corrected chi connectivity index (χ3v) is 11.3. The lowest BCUT2D eigenvalue weighted by atomic mass is 10.0. The number of halogens is 2. The minimum atomic E-state index is -0.787. The molecule has 57 heavy (non-hydrogen) atoms. The molecule has 2 heterocycles. The number of amides is 4. The molecule has 0 bridgehead atoms. The molecule has 0 spiro atoms. The van der Waals surface area contributed by atoms with Gasteiger partial charge in [0.1, 0.15) is 33.4 Å². The van der Waals surface area contributed by atoms with Crippen LogP contribution in [-0.2, 0) is 27.3 Å². The van der Waals surface area contributed by atoms with Gasteiger partial charge in [-0.3, -0.25) is 14.4 Å². The molecule has 0 fully saturated rings. The van der Waals surface area contributed by atoms with E-state index in [1.807, 2.05) is 30.3 Å². The maximum Gasteiger partial charge on any atom is 0.410 e. The second-order valence-corrected chi connectivity index (χ2v) is 16.6. The summed E-state index contributed by atoms with van der Waals surface area (Å²) in [6.07, 6.45) is 1.18. The summed E-state index contributed by atoms with van der Waals surface area (Å²) in [7, 11) is 0. The zero-order valence-corrected chi connectivity index (χ0v) is 33.5. The molecule has 4 aromatic carbocycles. The Labute approximate surface area is 342 Å². The Morgan fingerprint density at radius 3 is 2.35 bits per heavy atom. The third kappa shape index (κ3) is 10.3. The van der Waals surface area contributed by atoms with Gasteiger partial charge < -0.3 is 25.6 Å². The smallest absolute Gasteiger partial charge is 0.410 e. The van der Waals surface area contributed by atoms with E-state index in [9.17, 15) is 28.8 Å². The number of anilines is 2. The van der Waals surface area contributed by atoms with Crippen LogP contribution in [-0.4, -0.2) is 40.9 Å². The lowest BCUT2D eigenvalue weighted by Crippen LogP contribution is -2.39. The van der Waals surface area contributed by atoms with Crippen LogP contribution in [0.2, 0.25) is 5.02 Å². The van der Waals surface area contributed by atoms with Gasteiger partial charge in [-0.25, -0.2) is 9.18 Å². The van der Waals surface area contributed by atoms with Crippen LogP contribution in [0.15, 0.2) is 114 Å². The fourth-order valence-electron chi connectivity index (χ4n) is 5.89. The number of nitriles is 1. The number of nitrogens with zero attached hydrogens (tertiary/aromatic N) is 2. The Morgan fingerprint density at radius 2 is 1.67 bits per heavy atom. The molecular formula is C43H37ClFN5O5S2. The maximum absolute atomic E-state index is 14.8. The monoisotopic (exact) mass is 821 g/mol. The molecule has 290 valence electrons. The van der Waals surface area contributed by atoms with Gasteiger partial charge in [-0.15, -0.1) is 23.1 Å². The number of thiophene rings is 1. The van der Waals surface area contributed by atoms with E-state index < -0.39 is 34.6 Å². The number of carbonyl (C=O) groups excluding carboxylic acids is 4. The number of hydrogen-bond donors (Lipinski definition) is 3. The van der Waals surface area contributed by atoms with E-state index in [1.54, 1.807) is 80.3 Å². The van der Waals surface area contributed by atoms with Gasteiger partial charge in [0, 0.05) is 33.1 Å². The summed E-state index contributed by atoms with van der Waals surface area (Å²) in [6, 6.07) is 30.5. The van der Waals surface area contributed by atoms with Gasteiger partial charge in [0.2, 0.25) is 5.91 Å². The van der Waals surface area contributed by atoms with Crippen molar-refractivity contribution in [3.63, 3.8) is 0 Å². The van der Waals surface area contributed by atoms with Crippen LogP contribution in [0.25, 0.3) is 6.08 Å². The SMILES string of the molecule is CC(C)(C)OC(=O)N1CCc2c(sc(NC(=O)C(Sc3cccc(NC(=O)/C(=C\c4c(F)cccc4Cl)NC(=O)c4ccccc4)c3)c3ccccc3)c2C#N)C1. The number of thioether (sulfide) groups is 1. The summed E-state index contributed by atoms with van der Waals surface area (Å²) in [5.41, 5.74) is 1.50. The molecule has 4 amide bonds. The maximum atomic E-state index is 14.8. The van der Waals surface area contributed by atoms with Crippen LogP contribution in [0.5, 0.6) is 0 Å². The molecule has 3 N–H and O–H groups in total. The molecule has 14 heteroatoms. The second kappa shape index (κ2) is 17.9. The van der Waals surface area contributed by atoms with E-state index >= 15 is 0 Å². The minimum absolute atomic E-state index is 0.0465. The number of carbonyl (C=O) groups is 4. The Kier molecular flexibility index (Phi) is 12.8. The number of fused-ring (bicyclic) bond motifs is 1. The molecule has 1 aliphatic rings. The standard InChI is InChI=1S/C43H37ClFN5O5S2/c1-43(2,3)55-42(54)50-21-20-30-32(24-46)41(57-36(30)25-50)49-40(53)37(26-12-6-4-7-13-26)56-29-17-10-16-28(22-29)47-39(52)35(23-31-33(44)18-11-19-34(31)45)48-38(51)27-14-8-5-9-15-27/h4-19,22-23,37H,20-21,25H2,1-3H3,(H,47,52)(H,48,51)(H,49,53)/b35-23+. The van der Waals surface area contributed by atoms with Crippen molar-refractivity contribution in [3.8, 4) is 6.07 Å². The van der Waals surface area contributed by atoms with Crippen molar-refractivity contribution in [2.75, 3.05) is 17.2 Å². The summed E-state index contributed by atoms with van der Waals surface area (Å²) in [4.78, 5) is 56.8. The van der Waals surface area contributed by atoms with Crippen molar-refractivity contribution in [1.29, 1.82) is 5.26 Å². The molecule has 6 rings (SSSR count). The highest BCUT2D eigenvalue weighted by Gasteiger charge is 2.31. The van der Waals surface area contributed by atoms with E-state index in [0.717, 1.165) is 10.4 Å². The first-order valence-electron chi connectivity index (χ1n) is 17.8. The average molecular weight is 822 g/mol. The zero-order valence-electron chi connectivity index (χ0n) is 31.1. The largest absolute Gasteiger partial charge is 0.444 e. The number of hydrogen-bond acceptors (Lipinski definition) is 8. The van der Waals surface area contributed by atoms with Crippen molar-refractivity contribution in [2.45, 2.75) is 49.5 Å². The van der Waals surface area contributed by atoms with E-state index in [2.05, 4.69) is 22.0 Å². The van der Waals surface area contributed by atoms with Gasteiger partial charge in [-0.2, -0.15) is 5.26 Å². The predicted molar refractivity (Wildman–Crippen MR) is 221 cm³/mol. The van der Waals surface area contributed by atoms with E-state index in [0.29, 0.717) is 39.7 Å². The highest BCUT2D eigenvalue weighted by Crippen LogP contribution is 2.41. The normalized spacial score (nSPS) is 13.1. The third-order valence-electron chi connectivity index (χ3n) is 8.56. The molecule has 1 aromatic heterocycles. The van der Waals surface area contributed by atoms with E-state index in [-0.39, 0.29) is 34.3 Å². The van der Waals surface area contributed by atoms with Crippen LogP contribution in [0, 0.1) is 17.1 Å². The molecule has 0 radical (unpaired) electrons. The molecule has 0 saturated heterocycles. The van der Waals surface area contributed by atoms with Gasteiger partial charge in [-0.05, 0) is 86.9 Å². The van der Waals surface area contributed by atoms with Gasteiger partial charge in [-0.1, -0.05) is 72.3 Å². The summed E-state index contributed by atoms with van der Waals surface area (Å²) in [5, 5.41) is 18.2. The second-order valence-electron chi connectivity index (χ2n) is 13.9. The molecule has 0 aliphatic carbocycles. The van der Waals surface area contributed by atoms with Gasteiger partial charge in [0.25, 0.3) is 11.8 Å². The summed E-state index contributed by atoms with van der Waals surface area (Å²) in [5.74, 6) is -2.39. The van der Waals surface area contributed by atoms with E-state index in [1.165, 1.54) is 47.4 Å². The molecule has 1 atom stereocenters. The number of rotatable bonds is 10. The Balaban J connectivity index is 1.23. The summed E-state index contributed by atoms with van der Waals surface area (Å²) >= 11 is 8.76. The van der Waals surface area contributed by atoms with Gasteiger partial charge in [0.15, 0.2) is 0 Å². The van der Waals surface area contributed by atoms with Crippen molar-refractivity contribution < 1.29 is 28.3 Å². The summed E-state index contributed by atoms with van der Waals surface area (Å²) in [6.45, 7) is 6.04. The Hall–Kier alpha value is -5.94. The lowest BCUT2D eigenvalue weighted by Gasteiger charge is -2.29. The molecule has 1 unspecified atom stereocenters. The molecule has 5 aromatic rings. The van der Waals surface area contributed by atoms with Crippen LogP contribution in [0.1, 0.15) is 63.5 Å². The fourth-order valence-corrected chi connectivity index (χ4v) is 8.41. The minimum Gasteiger partial charge on any atom is -0.444 e. The average Bonchev–Trinajstić information content (AvgIpc) is 3.54. The first-order valence-corrected chi connectivity index (χ1v) is 19.9. The lowest BCUT2D eigenvalue weighted by molar-refractivity contribution is -0.116. The first kappa shape index (κ1) is 40.7. The molecular weight excluding hydrogens is 785 g/mol. The zero-order chi connectivity index (χ0) is 40.7. The Morgan fingerprint density at radius 1 is 0.965 bits per heavy atom. The first-order chi connectivity index (χ1) is 27.3. The van der Waals surface area contributed by atoms with Gasteiger partial charge >= 0.3 is 6.09 Å². The molecule has 0 saturated carbocycles. The number of nitrogens with one attached hydrogen (secondary N) is 3. The number of ether oxygens (including phenoxy) is 1. The van der Waals surface area contributed by atoms with Crippen LogP contribution in [0.3, 0.4) is 0 Å². The van der Waals surface area contributed by atoms with Crippen LogP contribution in [0.4, 0.5) is 19.9 Å². The van der Waals surface area contributed by atoms with Crippen molar-refractivity contribution in [1.82, 2.24) is 10.2 Å². The highest BCUT2D eigenvalue weighted by atomic mass is 35.5. The molecule has 1 aliphatic heterocycles.